The molecule has 35 heavy (non-hydrogen) atoms. The topological polar surface area (TPSA) is 38.9 Å². The van der Waals surface area contributed by atoms with Crippen molar-refractivity contribution >= 4 is 56.9 Å². The van der Waals surface area contributed by atoms with Crippen molar-refractivity contribution in [1.82, 2.24) is 9.97 Å². The molecule has 174 valence electrons. The van der Waals surface area contributed by atoms with Gasteiger partial charge in [-0.15, -0.1) is 0 Å². The van der Waals surface area contributed by atoms with Gasteiger partial charge in [-0.2, -0.15) is 0 Å². The maximum absolute atomic E-state index is 6.44. The quantitative estimate of drug-likeness (QED) is 0.188. The van der Waals surface area contributed by atoms with Crippen molar-refractivity contribution in [2.45, 2.75) is 47.3 Å². The standard InChI is InChI=1S/C31H30N2OSi/c1-17-12-14-24(30-26(17)22-10-8-9-11-25(22)34-30)28-23-15-13-21-16-18(2)31(35(5,6)7)19(3)27(21)29(23)33-20(4)32-28/h8-16H,1-7H3. The predicted octanol–water partition coefficient (Wildman–Crippen LogP) is 8.13. The van der Waals surface area contributed by atoms with Crippen LogP contribution in [0, 0.1) is 27.7 Å². The van der Waals surface area contributed by atoms with Crippen LogP contribution in [-0.2, 0) is 0 Å². The molecule has 0 bridgehead atoms. The second-order valence-electron chi connectivity index (χ2n) is 10.9. The van der Waals surface area contributed by atoms with Gasteiger partial charge in [0.05, 0.1) is 19.3 Å². The lowest BCUT2D eigenvalue weighted by molar-refractivity contribution is 0.669. The smallest absolute Gasteiger partial charge is 0.145 e. The maximum Gasteiger partial charge on any atom is 0.145 e. The molecule has 0 amide bonds. The van der Waals surface area contributed by atoms with E-state index in [0.29, 0.717) is 0 Å². The van der Waals surface area contributed by atoms with E-state index in [1.54, 1.807) is 0 Å². The number of fused-ring (bicyclic) bond motifs is 6. The number of benzene rings is 4. The summed E-state index contributed by atoms with van der Waals surface area (Å²) >= 11 is 0. The van der Waals surface area contributed by atoms with Crippen LogP contribution in [-0.4, -0.2) is 18.0 Å². The molecule has 0 fully saturated rings. The van der Waals surface area contributed by atoms with Gasteiger partial charge in [-0.1, -0.05) is 66.8 Å². The van der Waals surface area contributed by atoms with Crippen LogP contribution < -0.4 is 5.19 Å². The zero-order valence-corrected chi connectivity index (χ0v) is 22.5. The molecule has 0 saturated heterocycles. The second-order valence-corrected chi connectivity index (χ2v) is 15.9. The van der Waals surface area contributed by atoms with E-state index in [1.165, 1.54) is 32.6 Å². The summed E-state index contributed by atoms with van der Waals surface area (Å²) in [6.45, 7) is 16.0. The van der Waals surface area contributed by atoms with Gasteiger partial charge < -0.3 is 4.42 Å². The van der Waals surface area contributed by atoms with Crippen LogP contribution >= 0.6 is 0 Å². The molecule has 0 aliphatic heterocycles. The molecule has 0 spiro atoms. The Morgan fingerprint density at radius 1 is 0.743 bits per heavy atom. The predicted molar refractivity (Wildman–Crippen MR) is 152 cm³/mol. The fraction of sp³-hybridized carbons (Fsp3) is 0.226. The van der Waals surface area contributed by atoms with Crippen LogP contribution in [0.3, 0.4) is 0 Å². The molecule has 0 atom stereocenters. The first-order valence-electron chi connectivity index (χ1n) is 12.3. The molecular weight excluding hydrogens is 444 g/mol. The highest BCUT2D eigenvalue weighted by Crippen LogP contribution is 2.40. The number of rotatable bonds is 2. The summed E-state index contributed by atoms with van der Waals surface area (Å²) in [5.74, 6) is 0.777. The molecule has 4 aromatic carbocycles. The summed E-state index contributed by atoms with van der Waals surface area (Å²) in [4.78, 5) is 10.0. The van der Waals surface area contributed by atoms with Gasteiger partial charge in [0.2, 0.25) is 0 Å². The highest BCUT2D eigenvalue weighted by atomic mass is 28.3. The Labute approximate surface area is 206 Å². The van der Waals surface area contributed by atoms with Crippen molar-refractivity contribution in [2.75, 3.05) is 0 Å². The van der Waals surface area contributed by atoms with Crippen molar-refractivity contribution in [1.29, 1.82) is 0 Å². The molecule has 4 heteroatoms. The molecule has 0 unspecified atom stereocenters. The molecule has 0 N–H and O–H groups in total. The zero-order chi connectivity index (χ0) is 24.6. The molecule has 0 saturated carbocycles. The van der Waals surface area contributed by atoms with E-state index >= 15 is 0 Å². The SMILES string of the molecule is Cc1nc(-c2ccc(C)c3c2oc2ccccc23)c2ccc3cc(C)c([Si](C)(C)C)c(C)c3c2n1. The Morgan fingerprint density at radius 2 is 1.51 bits per heavy atom. The highest BCUT2D eigenvalue weighted by molar-refractivity contribution is 6.89. The molecular formula is C31H30N2OSi. The maximum atomic E-state index is 6.44. The summed E-state index contributed by atoms with van der Waals surface area (Å²) in [5.41, 5.74) is 8.76. The molecule has 0 aliphatic rings. The van der Waals surface area contributed by atoms with Crippen LogP contribution in [0.25, 0.3) is 54.9 Å². The summed E-state index contributed by atoms with van der Waals surface area (Å²) in [6, 6.07) is 19.4. The van der Waals surface area contributed by atoms with E-state index in [-0.39, 0.29) is 0 Å². The summed E-state index contributed by atoms with van der Waals surface area (Å²) in [7, 11) is -1.54. The van der Waals surface area contributed by atoms with Crippen molar-refractivity contribution in [3.05, 3.63) is 77.1 Å². The third-order valence-corrected chi connectivity index (χ3v) is 9.54. The molecule has 6 aromatic rings. The number of hydrogen-bond donors (Lipinski definition) is 0. The van der Waals surface area contributed by atoms with Gasteiger partial charge in [0.1, 0.15) is 17.0 Å². The van der Waals surface area contributed by atoms with E-state index in [1.807, 2.05) is 19.1 Å². The third kappa shape index (κ3) is 3.23. The van der Waals surface area contributed by atoms with E-state index in [9.17, 15) is 0 Å². The van der Waals surface area contributed by atoms with Crippen LogP contribution in [0.5, 0.6) is 0 Å². The number of para-hydroxylation sites is 1. The van der Waals surface area contributed by atoms with E-state index in [2.05, 4.69) is 82.9 Å². The van der Waals surface area contributed by atoms with Crippen LogP contribution in [0.4, 0.5) is 0 Å². The number of aryl methyl sites for hydroxylation is 4. The van der Waals surface area contributed by atoms with Gasteiger partial charge in [-0.25, -0.2) is 9.97 Å². The molecule has 2 heterocycles. The fourth-order valence-electron chi connectivity index (χ4n) is 6.10. The first-order valence-corrected chi connectivity index (χ1v) is 15.8. The number of aromatic nitrogens is 2. The van der Waals surface area contributed by atoms with Gasteiger partial charge in [0, 0.05) is 27.1 Å². The molecule has 6 rings (SSSR count). The van der Waals surface area contributed by atoms with Crippen LogP contribution in [0.1, 0.15) is 22.5 Å². The fourth-order valence-corrected chi connectivity index (χ4v) is 8.61. The molecule has 3 nitrogen and oxygen atoms in total. The Kier molecular flexibility index (Phi) is 4.71. The molecule has 2 aromatic heterocycles. The van der Waals surface area contributed by atoms with Gasteiger partial charge >= 0.3 is 0 Å². The first kappa shape index (κ1) is 22.0. The van der Waals surface area contributed by atoms with Crippen molar-refractivity contribution < 1.29 is 4.42 Å². The zero-order valence-electron chi connectivity index (χ0n) is 21.5. The summed E-state index contributed by atoms with van der Waals surface area (Å²) in [6.07, 6.45) is 0. The lowest BCUT2D eigenvalue weighted by Crippen LogP contribution is -2.41. The normalized spacial score (nSPS) is 12.4. The first-order chi connectivity index (χ1) is 16.6. The van der Waals surface area contributed by atoms with Gasteiger partial charge in [0.25, 0.3) is 0 Å². The summed E-state index contributed by atoms with van der Waals surface area (Å²) in [5, 5.41) is 7.42. The van der Waals surface area contributed by atoms with Crippen molar-refractivity contribution in [2.24, 2.45) is 0 Å². The lowest BCUT2D eigenvalue weighted by Gasteiger charge is -2.24. The second kappa shape index (κ2) is 7.50. The highest BCUT2D eigenvalue weighted by Gasteiger charge is 2.24. The third-order valence-electron chi connectivity index (χ3n) is 7.27. The van der Waals surface area contributed by atoms with E-state index in [4.69, 9.17) is 14.4 Å². The lowest BCUT2D eigenvalue weighted by atomic mass is 9.95. The average molecular weight is 475 g/mol. The average Bonchev–Trinajstić information content (AvgIpc) is 3.18. The Hall–Kier alpha value is -3.50. The van der Waals surface area contributed by atoms with Crippen molar-refractivity contribution in [3.8, 4) is 11.3 Å². The van der Waals surface area contributed by atoms with Gasteiger partial charge in [-0.05, 0) is 62.4 Å². The van der Waals surface area contributed by atoms with Crippen LogP contribution in [0.15, 0.2) is 59.0 Å². The largest absolute Gasteiger partial charge is 0.455 e. The van der Waals surface area contributed by atoms with Crippen LogP contribution in [0.2, 0.25) is 19.6 Å². The molecule has 0 radical (unpaired) electrons. The minimum atomic E-state index is -1.54. The van der Waals surface area contributed by atoms with Gasteiger partial charge in [0.15, 0.2) is 0 Å². The summed E-state index contributed by atoms with van der Waals surface area (Å²) < 4.78 is 6.44. The minimum Gasteiger partial charge on any atom is -0.455 e. The number of furan rings is 1. The van der Waals surface area contributed by atoms with E-state index < -0.39 is 8.07 Å². The number of hydrogen-bond acceptors (Lipinski definition) is 3. The Balaban J connectivity index is 1.76. The van der Waals surface area contributed by atoms with Crippen molar-refractivity contribution in [3.63, 3.8) is 0 Å². The van der Waals surface area contributed by atoms with E-state index in [0.717, 1.165) is 49.9 Å². The number of nitrogens with zero attached hydrogens (tertiary/aromatic N) is 2. The van der Waals surface area contributed by atoms with Gasteiger partial charge in [-0.3, -0.25) is 0 Å². The Bertz CT molecular complexity index is 1820. The monoisotopic (exact) mass is 474 g/mol. The Morgan fingerprint density at radius 3 is 2.29 bits per heavy atom. The minimum absolute atomic E-state index is 0.777. The molecule has 0 aliphatic carbocycles.